The molecule has 0 amide bonds. The van der Waals surface area contributed by atoms with Gasteiger partial charge in [-0.05, 0) is 32.1 Å². The monoisotopic (exact) mass is 180 g/mol. The van der Waals surface area contributed by atoms with Crippen LogP contribution in [0.3, 0.4) is 0 Å². The molecule has 2 heterocycles. The van der Waals surface area contributed by atoms with Crippen molar-refractivity contribution < 1.29 is 0 Å². The lowest BCUT2D eigenvalue weighted by Crippen LogP contribution is -2.27. The van der Waals surface area contributed by atoms with Gasteiger partial charge in [0, 0.05) is 12.6 Å². The summed E-state index contributed by atoms with van der Waals surface area (Å²) in [6.45, 7) is 3.06. The Morgan fingerprint density at radius 1 is 1.77 bits per heavy atom. The molecule has 0 saturated heterocycles. The van der Waals surface area contributed by atoms with E-state index in [-0.39, 0.29) is 0 Å². The summed E-state index contributed by atoms with van der Waals surface area (Å²) >= 11 is 0. The Hall–Kier alpha value is -0.900. The molecule has 72 valence electrons. The predicted molar refractivity (Wildman–Crippen MR) is 50.1 cm³/mol. The number of nitrogens with zero attached hydrogens (tertiary/aromatic N) is 3. The van der Waals surface area contributed by atoms with Gasteiger partial charge in [0.05, 0.1) is 11.9 Å². The van der Waals surface area contributed by atoms with Crippen LogP contribution in [0, 0.1) is 5.92 Å². The fraction of sp³-hybridized carbons (Fsp3) is 0.778. The van der Waals surface area contributed by atoms with E-state index in [9.17, 15) is 0 Å². The largest absolute Gasteiger partial charge is 0.328 e. The van der Waals surface area contributed by atoms with Crippen molar-refractivity contribution >= 4 is 0 Å². The van der Waals surface area contributed by atoms with Gasteiger partial charge in [-0.1, -0.05) is 5.21 Å². The first-order valence-electron chi connectivity index (χ1n) is 4.88. The van der Waals surface area contributed by atoms with Gasteiger partial charge < -0.3 is 5.73 Å². The summed E-state index contributed by atoms with van der Waals surface area (Å²) in [5.74, 6) is 0.689. The minimum atomic E-state index is 0.301. The standard InChI is InChI=1S/C9H16N4/c1-7(10)4-8-2-3-9-5-11-12-13(9)6-8/h5,7-8H,2-4,6,10H2,1H3. The first-order chi connectivity index (χ1) is 6.25. The second kappa shape index (κ2) is 3.46. The van der Waals surface area contributed by atoms with E-state index in [1.807, 2.05) is 10.9 Å². The van der Waals surface area contributed by atoms with E-state index in [2.05, 4.69) is 17.2 Å². The fourth-order valence-electron chi connectivity index (χ4n) is 2.03. The van der Waals surface area contributed by atoms with Crippen LogP contribution in [0.1, 0.15) is 25.5 Å². The average molecular weight is 180 g/mol. The maximum atomic E-state index is 5.77. The zero-order valence-electron chi connectivity index (χ0n) is 7.98. The van der Waals surface area contributed by atoms with Crippen LogP contribution in [-0.2, 0) is 13.0 Å². The van der Waals surface area contributed by atoms with Gasteiger partial charge in [-0.25, -0.2) is 4.68 Å². The first-order valence-corrected chi connectivity index (χ1v) is 4.88. The average Bonchev–Trinajstić information content (AvgIpc) is 2.49. The molecular weight excluding hydrogens is 164 g/mol. The van der Waals surface area contributed by atoms with Crippen LogP contribution in [0.5, 0.6) is 0 Å². The van der Waals surface area contributed by atoms with Gasteiger partial charge >= 0.3 is 0 Å². The van der Waals surface area contributed by atoms with Crippen molar-refractivity contribution in [1.29, 1.82) is 0 Å². The molecule has 1 aromatic heterocycles. The quantitative estimate of drug-likeness (QED) is 0.724. The van der Waals surface area contributed by atoms with E-state index >= 15 is 0 Å². The fourth-order valence-corrected chi connectivity index (χ4v) is 2.03. The highest BCUT2D eigenvalue weighted by atomic mass is 15.4. The zero-order valence-corrected chi connectivity index (χ0v) is 7.98. The topological polar surface area (TPSA) is 56.7 Å². The van der Waals surface area contributed by atoms with E-state index in [0.717, 1.165) is 19.4 Å². The third kappa shape index (κ3) is 1.88. The second-order valence-corrected chi connectivity index (χ2v) is 4.03. The molecule has 1 aromatic rings. The molecule has 2 atom stereocenters. The van der Waals surface area contributed by atoms with Crippen LogP contribution in [0.25, 0.3) is 0 Å². The minimum Gasteiger partial charge on any atom is -0.328 e. The normalized spacial score (nSPS) is 24.0. The van der Waals surface area contributed by atoms with Gasteiger partial charge in [0.25, 0.3) is 0 Å². The SMILES string of the molecule is CC(N)CC1CCc2cnnn2C1. The molecule has 0 radical (unpaired) electrons. The summed E-state index contributed by atoms with van der Waals surface area (Å²) in [6.07, 6.45) is 5.29. The summed E-state index contributed by atoms with van der Waals surface area (Å²) in [7, 11) is 0. The van der Waals surface area contributed by atoms with Gasteiger partial charge in [-0.3, -0.25) is 0 Å². The number of rotatable bonds is 2. The van der Waals surface area contributed by atoms with Gasteiger partial charge in [-0.15, -0.1) is 5.10 Å². The summed E-state index contributed by atoms with van der Waals surface area (Å²) < 4.78 is 2.01. The van der Waals surface area contributed by atoms with E-state index in [4.69, 9.17) is 5.73 Å². The van der Waals surface area contributed by atoms with Gasteiger partial charge in [0.15, 0.2) is 0 Å². The highest BCUT2D eigenvalue weighted by Gasteiger charge is 2.19. The Morgan fingerprint density at radius 2 is 2.62 bits per heavy atom. The molecule has 13 heavy (non-hydrogen) atoms. The molecule has 2 rings (SSSR count). The summed E-state index contributed by atoms with van der Waals surface area (Å²) in [5, 5.41) is 7.94. The summed E-state index contributed by atoms with van der Waals surface area (Å²) in [4.78, 5) is 0. The smallest absolute Gasteiger partial charge is 0.0725 e. The zero-order chi connectivity index (χ0) is 9.26. The van der Waals surface area contributed by atoms with Gasteiger partial charge in [0.1, 0.15) is 0 Å². The van der Waals surface area contributed by atoms with Crippen LogP contribution in [0.15, 0.2) is 6.20 Å². The molecule has 0 saturated carbocycles. The molecule has 0 aromatic carbocycles. The lowest BCUT2D eigenvalue weighted by molar-refractivity contribution is 0.310. The number of hydrogen-bond donors (Lipinski definition) is 1. The first kappa shape index (κ1) is 8.69. The third-order valence-corrected chi connectivity index (χ3v) is 2.64. The lowest BCUT2D eigenvalue weighted by atomic mass is 9.93. The number of hydrogen-bond acceptors (Lipinski definition) is 3. The molecule has 0 aliphatic carbocycles. The van der Waals surface area contributed by atoms with Crippen molar-refractivity contribution in [2.45, 2.75) is 38.8 Å². The van der Waals surface area contributed by atoms with E-state index in [1.165, 1.54) is 12.1 Å². The third-order valence-electron chi connectivity index (χ3n) is 2.64. The van der Waals surface area contributed by atoms with Crippen molar-refractivity contribution in [1.82, 2.24) is 15.0 Å². The number of nitrogens with two attached hydrogens (primary N) is 1. The van der Waals surface area contributed by atoms with Crippen LogP contribution in [-0.4, -0.2) is 21.0 Å². The van der Waals surface area contributed by atoms with Crippen molar-refractivity contribution in [3.8, 4) is 0 Å². The molecule has 4 heteroatoms. The Kier molecular flexibility index (Phi) is 2.31. The summed E-state index contributed by atoms with van der Waals surface area (Å²) in [5.41, 5.74) is 7.04. The van der Waals surface area contributed by atoms with Crippen LogP contribution >= 0.6 is 0 Å². The molecule has 0 fully saturated rings. The molecule has 0 spiro atoms. The minimum absolute atomic E-state index is 0.301. The number of aryl methyl sites for hydroxylation is 1. The Bertz CT molecular complexity index is 279. The Morgan fingerprint density at radius 3 is 3.38 bits per heavy atom. The maximum Gasteiger partial charge on any atom is 0.0725 e. The van der Waals surface area contributed by atoms with E-state index < -0.39 is 0 Å². The van der Waals surface area contributed by atoms with Gasteiger partial charge in [-0.2, -0.15) is 0 Å². The van der Waals surface area contributed by atoms with Crippen LogP contribution < -0.4 is 5.73 Å². The van der Waals surface area contributed by atoms with Crippen LogP contribution in [0.4, 0.5) is 0 Å². The molecular formula is C9H16N4. The van der Waals surface area contributed by atoms with Crippen molar-refractivity contribution in [2.75, 3.05) is 0 Å². The number of fused-ring (bicyclic) bond motifs is 1. The lowest BCUT2D eigenvalue weighted by Gasteiger charge is -2.23. The highest BCUT2D eigenvalue weighted by molar-refractivity contribution is 4.97. The van der Waals surface area contributed by atoms with Gasteiger partial charge in [0.2, 0.25) is 0 Å². The van der Waals surface area contributed by atoms with Crippen molar-refractivity contribution in [3.63, 3.8) is 0 Å². The van der Waals surface area contributed by atoms with E-state index in [0.29, 0.717) is 12.0 Å². The van der Waals surface area contributed by atoms with Crippen LogP contribution in [0.2, 0.25) is 0 Å². The highest BCUT2D eigenvalue weighted by Crippen LogP contribution is 2.21. The molecule has 2 unspecified atom stereocenters. The summed E-state index contributed by atoms with van der Waals surface area (Å²) in [6, 6.07) is 0.301. The molecule has 2 N–H and O–H groups in total. The maximum absolute atomic E-state index is 5.77. The molecule has 1 aliphatic rings. The van der Waals surface area contributed by atoms with Crippen molar-refractivity contribution in [3.05, 3.63) is 11.9 Å². The predicted octanol–water partition coefficient (Wildman–Crippen LogP) is 0.578. The second-order valence-electron chi connectivity index (χ2n) is 4.03. The Balaban J connectivity index is 2.00. The van der Waals surface area contributed by atoms with Crippen molar-refractivity contribution in [2.24, 2.45) is 11.7 Å². The Labute approximate surface area is 78.1 Å². The molecule has 1 aliphatic heterocycles. The molecule has 0 bridgehead atoms. The number of aromatic nitrogens is 3. The van der Waals surface area contributed by atoms with E-state index in [1.54, 1.807) is 0 Å². The molecule has 4 nitrogen and oxygen atoms in total.